The zero-order valence-corrected chi connectivity index (χ0v) is 17.5. The molecule has 4 N–H and O–H groups in total. The van der Waals surface area contributed by atoms with Gasteiger partial charge in [0.1, 0.15) is 17.7 Å². The van der Waals surface area contributed by atoms with E-state index in [0.717, 1.165) is 17.7 Å². The van der Waals surface area contributed by atoms with Crippen LogP contribution in [0.3, 0.4) is 0 Å². The number of hydrogen-bond acceptors (Lipinski definition) is 5. The van der Waals surface area contributed by atoms with E-state index in [1.165, 1.54) is 6.92 Å². The molecule has 2 aromatic carbocycles. The number of halogens is 2. The summed E-state index contributed by atoms with van der Waals surface area (Å²) in [6, 6.07) is 9.11. The predicted molar refractivity (Wildman–Crippen MR) is 112 cm³/mol. The average molecular weight is 445 g/mol. The largest absolute Gasteiger partial charge is 0.378 e. The third-order valence-corrected chi connectivity index (χ3v) is 5.48. The quantitative estimate of drug-likeness (QED) is 0.649. The molecule has 0 unspecified atom stereocenters. The molecule has 0 aliphatic carbocycles. The predicted octanol–water partition coefficient (Wildman–Crippen LogP) is 1.76. The number of rotatable bonds is 5. The second-order valence-electron chi connectivity index (χ2n) is 7.88. The number of amides is 3. The van der Waals surface area contributed by atoms with Gasteiger partial charge in [-0.1, -0.05) is 30.3 Å². The van der Waals surface area contributed by atoms with Crippen LogP contribution in [0.5, 0.6) is 0 Å². The van der Waals surface area contributed by atoms with Crippen molar-refractivity contribution in [2.75, 3.05) is 6.54 Å². The summed E-state index contributed by atoms with van der Waals surface area (Å²) in [5, 5.41) is 13.3. The molecule has 4 atom stereocenters. The highest BCUT2D eigenvalue weighted by molar-refractivity contribution is 6.03. The molecule has 1 heterocycles. The zero-order valence-electron chi connectivity index (χ0n) is 17.5. The number of nitrogens with zero attached hydrogens (tertiary/aromatic N) is 1. The van der Waals surface area contributed by atoms with Crippen molar-refractivity contribution in [3.8, 4) is 0 Å². The van der Waals surface area contributed by atoms with Gasteiger partial charge in [0.15, 0.2) is 6.10 Å². The molecule has 32 heavy (non-hydrogen) atoms. The first-order valence-electron chi connectivity index (χ1n) is 10.3. The Bertz CT molecular complexity index is 980. The molecule has 1 fully saturated rings. The maximum atomic E-state index is 13.6. The highest BCUT2D eigenvalue weighted by Crippen LogP contribution is 2.30. The van der Waals surface area contributed by atoms with Crippen molar-refractivity contribution in [2.45, 2.75) is 43.9 Å². The molecule has 0 bridgehead atoms. The Morgan fingerprint density at radius 2 is 1.75 bits per heavy atom. The first-order chi connectivity index (χ1) is 15.2. The summed E-state index contributed by atoms with van der Waals surface area (Å²) in [5.41, 5.74) is 6.28. The molecule has 0 spiro atoms. The molecule has 2 aromatic rings. The molecule has 7 nitrogen and oxygen atoms in total. The monoisotopic (exact) mass is 445 g/mol. The Kier molecular flexibility index (Phi) is 7.32. The van der Waals surface area contributed by atoms with E-state index in [9.17, 15) is 28.3 Å². The normalized spacial score (nSPS) is 20.6. The number of hydrogen-bond donors (Lipinski definition) is 3. The lowest BCUT2D eigenvalue weighted by Crippen LogP contribution is -2.56. The van der Waals surface area contributed by atoms with E-state index in [1.807, 2.05) is 30.3 Å². The Balaban J connectivity index is 1.98. The Hall–Kier alpha value is -3.17. The Labute approximate surface area is 184 Å². The fourth-order valence-corrected chi connectivity index (χ4v) is 3.87. The highest BCUT2D eigenvalue weighted by Gasteiger charge is 2.41. The van der Waals surface area contributed by atoms with Crippen molar-refractivity contribution in [1.29, 1.82) is 0 Å². The van der Waals surface area contributed by atoms with Crippen LogP contribution in [0.1, 0.15) is 42.9 Å². The smallest absolute Gasteiger partial charge is 0.263 e. The van der Waals surface area contributed by atoms with Gasteiger partial charge in [0, 0.05) is 12.6 Å². The molecule has 170 valence electrons. The van der Waals surface area contributed by atoms with Crippen molar-refractivity contribution in [3.63, 3.8) is 0 Å². The number of aliphatic hydroxyl groups excluding tert-OH is 1. The van der Waals surface area contributed by atoms with Gasteiger partial charge in [-0.15, -0.1) is 0 Å². The van der Waals surface area contributed by atoms with E-state index in [4.69, 9.17) is 5.73 Å². The van der Waals surface area contributed by atoms with Crippen LogP contribution in [-0.4, -0.2) is 46.4 Å². The third-order valence-electron chi connectivity index (χ3n) is 5.48. The van der Waals surface area contributed by atoms with Crippen molar-refractivity contribution >= 4 is 17.7 Å². The lowest BCUT2D eigenvalue weighted by molar-refractivity contribution is -0.158. The molecule has 0 saturated carbocycles. The number of aliphatic hydroxyl groups is 1. The molecule has 3 amide bonds. The maximum Gasteiger partial charge on any atom is 0.263 e. The molecular weight excluding hydrogens is 420 g/mol. The van der Waals surface area contributed by atoms with Crippen molar-refractivity contribution in [2.24, 2.45) is 5.73 Å². The first-order valence-corrected chi connectivity index (χ1v) is 10.3. The van der Waals surface area contributed by atoms with Crippen LogP contribution in [0, 0.1) is 11.6 Å². The van der Waals surface area contributed by atoms with Crippen molar-refractivity contribution in [1.82, 2.24) is 10.2 Å². The fraction of sp³-hybridized carbons (Fsp3) is 0.348. The van der Waals surface area contributed by atoms with Gasteiger partial charge in [-0.2, -0.15) is 0 Å². The SMILES string of the molecule is C[C@H](N)C(=O)N(C(=O)[C@H](O)c1cc(F)cc(F)c1)[C@H]1C[C@H](c2ccccc2)CCNC1=O. The summed E-state index contributed by atoms with van der Waals surface area (Å²) in [5.74, 6) is -4.75. The van der Waals surface area contributed by atoms with Crippen LogP contribution in [0.15, 0.2) is 48.5 Å². The molecule has 0 radical (unpaired) electrons. The summed E-state index contributed by atoms with van der Waals surface area (Å²) in [6.45, 7) is 1.68. The van der Waals surface area contributed by atoms with E-state index in [-0.39, 0.29) is 17.9 Å². The number of imide groups is 1. The second-order valence-corrected chi connectivity index (χ2v) is 7.88. The number of nitrogens with one attached hydrogen (secondary N) is 1. The highest BCUT2D eigenvalue weighted by atomic mass is 19.1. The third kappa shape index (κ3) is 5.17. The molecular formula is C23H25F2N3O4. The van der Waals surface area contributed by atoms with Gasteiger partial charge in [0.2, 0.25) is 11.8 Å². The van der Waals surface area contributed by atoms with Gasteiger partial charge in [-0.25, -0.2) is 8.78 Å². The number of carbonyl (C=O) groups is 3. The second kappa shape index (κ2) is 9.97. The van der Waals surface area contributed by atoms with E-state index in [1.54, 1.807) is 0 Å². The van der Waals surface area contributed by atoms with Crippen molar-refractivity contribution < 1.29 is 28.3 Å². The summed E-state index contributed by atoms with van der Waals surface area (Å²) in [6.07, 6.45) is -1.36. The topological polar surface area (TPSA) is 113 Å². The van der Waals surface area contributed by atoms with Crippen LogP contribution < -0.4 is 11.1 Å². The van der Waals surface area contributed by atoms with Crippen LogP contribution in [0.4, 0.5) is 8.78 Å². The van der Waals surface area contributed by atoms with Crippen molar-refractivity contribution in [3.05, 3.63) is 71.3 Å². The molecule has 1 aliphatic rings. The zero-order chi connectivity index (χ0) is 23.4. The minimum Gasteiger partial charge on any atom is -0.378 e. The summed E-state index contributed by atoms with van der Waals surface area (Å²) in [7, 11) is 0. The number of carbonyl (C=O) groups excluding carboxylic acids is 3. The maximum absolute atomic E-state index is 13.6. The Morgan fingerprint density at radius 1 is 1.12 bits per heavy atom. The van der Waals surface area contributed by atoms with Crippen LogP contribution >= 0.6 is 0 Å². The summed E-state index contributed by atoms with van der Waals surface area (Å²) in [4.78, 5) is 39.5. The molecule has 1 saturated heterocycles. The van der Waals surface area contributed by atoms with Gasteiger partial charge >= 0.3 is 0 Å². The minimum atomic E-state index is -2.06. The molecule has 1 aliphatic heterocycles. The average Bonchev–Trinajstić information content (AvgIpc) is 2.95. The number of nitrogens with two attached hydrogens (primary N) is 1. The van der Waals surface area contributed by atoms with E-state index in [2.05, 4.69) is 5.32 Å². The van der Waals surface area contributed by atoms with Gasteiger partial charge in [0.25, 0.3) is 5.91 Å². The van der Waals surface area contributed by atoms with Gasteiger partial charge < -0.3 is 16.2 Å². The molecule has 0 aromatic heterocycles. The van der Waals surface area contributed by atoms with E-state index >= 15 is 0 Å². The van der Waals surface area contributed by atoms with Crippen LogP contribution in [0.2, 0.25) is 0 Å². The van der Waals surface area contributed by atoms with E-state index < -0.39 is 47.5 Å². The first kappa shape index (κ1) is 23.5. The van der Waals surface area contributed by atoms with E-state index in [0.29, 0.717) is 23.9 Å². The molecule has 9 heteroatoms. The van der Waals surface area contributed by atoms with Gasteiger partial charge in [-0.05, 0) is 48.9 Å². The minimum absolute atomic E-state index is 0.115. The lowest BCUT2D eigenvalue weighted by atomic mass is 9.89. The summed E-state index contributed by atoms with van der Waals surface area (Å²) < 4.78 is 27.2. The molecule has 3 rings (SSSR count). The fourth-order valence-electron chi connectivity index (χ4n) is 3.87. The van der Waals surface area contributed by atoms with Gasteiger partial charge in [-0.3, -0.25) is 19.3 Å². The summed E-state index contributed by atoms with van der Waals surface area (Å²) >= 11 is 0. The van der Waals surface area contributed by atoms with Gasteiger partial charge in [0.05, 0.1) is 6.04 Å². The lowest BCUT2D eigenvalue weighted by Gasteiger charge is -2.32. The van der Waals surface area contributed by atoms with Crippen LogP contribution in [-0.2, 0) is 14.4 Å². The van der Waals surface area contributed by atoms with Crippen LogP contribution in [0.25, 0.3) is 0 Å². The Morgan fingerprint density at radius 3 is 2.34 bits per heavy atom. The standard InChI is InChI=1S/C23H25F2N3O4/c1-13(26)22(31)28(23(32)20(29)16-9-17(24)12-18(25)10-16)19-11-15(7-8-27-21(19)30)14-5-3-2-4-6-14/h2-6,9-10,12-13,15,19-20,29H,7-8,11,26H2,1H3,(H,27,30)/t13-,15+,19-,20+/m0/s1. The number of benzene rings is 2.